The van der Waals surface area contributed by atoms with Crippen LogP contribution in [0.4, 0.5) is 17.1 Å². The lowest BCUT2D eigenvalue weighted by Crippen LogP contribution is -2.41. The Labute approximate surface area is 159 Å². The molecule has 2 aromatic rings. The number of para-hydroxylation sites is 2. The van der Waals surface area contributed by atoms with Gasteiger partial charge in [-0.2, -0.15) is 0 Å². The Morgan fingerprint density at radius 3 is 2.85 bits per heavy atom. The summed E-state index contributed by atoms with van der Waals surface area (Å²) in [4.78, 5) is 32.3. The van der Waals surface area contributed by atoms with E-state index < -0.39 is 0 Å². The van der Waals surface area contributed by atoms with Crippen molar-refractivity contribution in [2.24, 2.45) is 10.9 Å². The molecule has 0 spiro atoms. The molecule has 1 heterocycles. The Bertz CT molecular complexity index is 948. The molecule has 1 saturated carbocycles. The van der Waals surface area contributed by atoms with E-state index in [9.17, 15) is 9.59 Å². The molecular weight excluding hydrogens is 338 g/mol. The van der Waals surface area contributed by atoms with E-state index in [0.29, 0.717) is 5.69 Å². The minimum atomic E-state index is -0.203. The molecule has 0 aromatic heterocycles. The number of benzene rings is 2. The molecule has 1 N–H and O–H groups in total. The quantitative estimate of drug-likeness (QED) is 0.892. The molecule has 0 unspecified atom stereocenters. The van der Waals surface area contributed by atoms with E-state index in [4.69, 9.17) is 4.99 Å². The van der Waals surface area contributed by atoms with E-state index in [1.165, 1.54) is 0 Å². The number of carbonyl (C=O) groups is 2. The molecule has 0 saturated heterocycles. The Balaban J connectivity index is 1.62. The minimum absolute atomic E-state index is 0.0114. The summed E-state index contributed by atoms with van der Waals surface area (Å²) < 4.78 is 0. The third-order valence-corrected chi connectivity index (χ3v) is 5.51. The lowest BCUT2D eigenvalue weighted by molar-refractivity contribution is -0.122. The number of hydrogen-bond acceptors (Lipinski definition) is 3. The first kappa shape index (κ1) is 17.5. The van der Waals surface area contributed by atoms with Gasteiger partial charge in [-0.05, 0) is 62.4 Å². The van der Waals surface area contributed by atoms with Crippen LogP contribution >= 0.6 is 0 Å². The van der Waals surface area contributed by atoms with Gasteiger partial charge in [0.15, 0.2) is 0 Å². The van der Waals surface area contributed by atoms with Crippen LogP contribution in [-0.4, -0.2) is 24.1 Å². The van der Waals surface area contributed by atoms with E-state index in [-0.39, 0.29) is 24.3 Å². The average Bonchev–Trinajstić information content (AvgIpc) is 3.08. The van der Waals surface area contributed by atoms with Gasteiger partial charge in [0.1, 0.15) is 6.54 Å². The molecular formula is C22H23N3O2. The largest absolute Gasteiger partial charge is 0.324 e. The predicted octanol–water partition coefficient (Wildman–Crippen LogP) is 4.16. The maximum Gasteiger partial charge on any atom is 0.244 e. The summed E-state index contributed by atoms with van der Waals surface area (Å²) in [5.74, 6) is -0.425. The van der Waals surface area contributed by atoms with Gasteiger partial charge < -0.3 is 10.2 Å². The van der Waals surface area contributed by atoms with Crippen LogP contribution in [0.1, 0.15) is 30.4 Å². The number of amides is 2. The number of fused-ring (bicyclic) bond motifs is 2. The number of aryl methyl sites for hydroxylation is 1. The van der Waals surface area contributed by atoms with E-state index >= 15 is 0 Å². The van der Waals surface area contributed by atoms with Crippen molar-refractivity contribution in [1.29, 1.82) is 0 Å². The van der Waals surface area contributed by atoms with Crippen LogP contribution in [0.25, 0.3) is 0 Å². The summed E-state index contributed by atoms with van der Waals surface area (Å²) in [5.41, 5.74) is 5.37. The van der Waals surface area contributed by atoms with Crippen molar-refractivity contribution in [3.8, 4) is 0 Å². The van der Waals surface area contributed by atoms with Gasteiger partial charge in [-0.1, -0.05) is 24.3 Å². The average molecular weight is 361 g/mol. The highest BCUT2D eigenvalue weighted by molar-refractivity contribution is 6.16. The molecule has 1 aliphatic heterocycles. The standard InChI is InChI=1S/C22H23N3O2/c1-14-7-5-10-17(15(14)2)24-21(26)13-25-20-12-4-3-9-19(20)23-18-11-6-8-16(18)22(25)27/h3-5,7,9-10,12,16H,6,8,11,13H2,1-2H3,(H,24,26)/t16-/m1/s1. The van der Waals surface area contributed by atoms with Gasteiger partial charge in [0.25, 0.3) is 0 Å². The number of nitrogens with one attached hydrogen (secondary N) is 1. The maximum atomic E-state index is 13.2. The molecule has 1 atom stereocenters. The van der Waals surface area contributed by atoms with Crippen molar-refractivity contribution in [3.63, 3.8) is 0 Å². The molecule has 27 heavy (non-hydrogen) atoms. The first-order valence-electron chi connectivity index (χ1n) is 9.38. The lowest BCUT2D eigenvalue weighted by atomic mass is 10.0. The van der Waals surface area contributed by atoms with Crippen LogP contribution in [0.2, 0.25) is 0 Å². The Hall–Kier alpha value is -2.95. The van der Waals surface area contributed by atoms with Crippen LogP contribution in [0.15, 0.2) is 47.5 Å². The number of hydrogen-bond donors (Lipinski definition) is 1. The normalized spacial score (nSPS) is 18.4. The monoisotopic (exact) mass is 361 g/mol. The highest BCUT2D eigenvalue weighted by Gasteiger charge is 2.37. The molecule has 0 bridgehead atoms. The van der Waals surface area contributed by atoms with E-state index in [1.54, 1.807) is 4.90 Å². The zero-order valence-electron chi connectivity index (χ0n) is 15.7. The molecule has 138 valence electrons. The number of aliphatic imine (C=N–C) groups is 1. The first-order valence-corrected chi connectivity index (χ1v) is 9.38. The van der Waals surface area contributed by atoms with E-state index in [0.717, 1.165) is 47.5 Å². The van der Waals surface area contributed by atoms with Gasteiger partial charge in [-0.15, -0.1) is 0 Å². The minimum Gasteiger partial charge on any atom is -0.324 e. The number of rotatable bonds is 3. The topological polar surface area (TPSA) is 61.8 Å². The zero-order valence-corrected chi connectivity index (χ0v) is 15.7. The van der Waals surface area contributed by atoms with Crippen molar-refractivity contribution in [1.82, 2.24) is 0 Å². The van der Waals surface area contributed by atoms with Crippen molar-refractivity contribution in [2.45, 2.75) is 33.1 Å². The van der Waals surface area contributed by atoms with Crippen LogP contribution in [0.3, 0.4) is 0 Å². The number of anilines is 2. The van der Waals surface area contributed by atoms with Crippen LogP contribution in [0.5, 0.6) is 0 Å². The molecule has 2 aromatic carbocycles. The summed E-state index contributed by atoms with van der Waals surface area (Å²) in [6.45, 7) is 3.98. The van der Waals surface area contributed by atoms with Crippen molar-refractivity contribution < 1.29 is 9.59 Å². The summed E-state index contributed by atoms with van der Waals surface area (Å²) in [6, 6.07) is 13.4. The van der Waals surface area contributed by atoms with E-state index in [1.807, 2.05) is 56.3 Å². The Morgan fingerprint density at radius 1 is 1.19 bits per heavy atom. The van der Waals surface area contributed by atoms with Gasteiger partial charge in [-0.3, -0.25) is 14.6 Å². The number of nitrogens with zero attached hydrogens (tertiary/aromatic N) is 2. The predicted molar refractivity (Wildman–Crippen MR) is 108 cm³/mol. The second kappa shape index (κ2) is 6.99. The molecule has 2 amide bonds. The van der Waals surface area contributed by atoms with Crippen LogP contribution in [0, 0.1) is 19.8 Å². The molecule has 0 radical (unpaired) electrons. The summed E-state index contributed by atoms with van der Waals surface area (Å²) in [7, 11) is 0. The van der Waals surface area contributed by atoms with Crippen molar-refractivity contribution in [3.05, 3.63) is 53.6 Å². The van der Waals surface area contributed by atoms with Gasteiger partial charge in [0, 0.05) is 11.4 Å². The highest BCUT2D eigenvalue weighted by atomic mass is 16.2. The van der Waals surface area contributed by atoms with Crippen molar-refractivity contribution >= 4 is 34.6 Å². The van der Waals surface area contributed by atoms with Crippen molar-refractivity contribution in [2.75, 3.05) is 16.8 Å². The fourth-order valence-corrected chi connectivity index (χ4v) is 3.86. The molecule has 5 nitrogen and oxygen atoms in total. The molecule has 1 aliphatic carbocycles. The molecule has 5 heteroatoms. The Morgan fingerprint density at radius 2 is 2.00 bits per heavy atom. The van der Waals surface area contributed by atoms with Gasteiger partial charge >= 0.3 is 0 Å². The van der Waals surface area contributed by atoms with Crippen LogP contribution in [-0.2, 0) is 9.59 Å². The molecule has 1 fully saturated rings. The third kappa shape index (κ3) is 3.25. The maximum absolute atomic E-state index is 13.2. The lowest BCUT2D eigenvalue weighted by Gasteiger charge is -2.24. The van der Waals surface area contributed by atoms with Crippen LogP contribution < -0.4 is 10.2 Å². The molecule has 2 aliphatic rings. The SMILES string of the molecule is Cc1cccc(NC(=O)CN2C(=O)[C@@H]3CCCC3=Nc3ccccc32)c1C. The summed E-state index contributed by atoms with van der Waals surface area (Å²) in [6.07, 6.45) is 2.63. The smallest absolute Gasteiger partial charge is 0.244 e. The number of carbonyl (C=O) groups excluding carboxylic acids is 2. The van der Waals surface area contributed by atoms with Gasteiger partial charge in [0.2, 0.25) is 11.8 Å². The Kier molecular flexibility index (Phi) is 4.52. The van der Waals surface area contributed by atoms with Gasteiger partial charge in [0.05, 0.1) is 17.3 Å². The zero-order chi connectivity index (χ0) is 19.0. The second-order valence-electron chi connectivity index (χ2n) is 7.26. The fraction of sp³-hybridized carbons (Fsp3) is 0.318. The first-order chi connectivity index (χ1) is 13.0. The second-order valence-corrected chi connectivity index (χ2v) is 7.26. The third-order valence-electron chi connectivity index (χ3n) is 5.51. The van der Waals surface area contributed by atoms with E-state index in [2.05, 4.69) is 5.32 Å². The summed E-state index contributed by atoms with van der Waals surface area (Å²) in [5, 5.41) is 2.96. The highest BCUT2D eigenvalue weighted by Crippen LogP contribution is 2.37. The fourth-order valence-electron chi connectivity index (χ4n) is 3.86. The summed E-state index contributed by atoms with van der Waals surface area (Å²) >= 11 is 0. The molecule has 4 rings (SSSR count). The van der Waals surface area contributed by atoms with Gasteiger partial charge in [-0.25, -0.2) is 0 Å².